The number of nitrogens with zero attached hydrogens (tertiary/aromatic N) is 2. The predicted octanol–water partition coefficient (Wildman–Crippen LogP) is 2.94. The van der Waals surface area contributed by atoms with E-state index in [1.165, 1.54) is 0 Å². The molecule has 1 aromatic heterocycles. The highest BCUT2D eigenvalue weighted by molar-refractivity contribution is 7.80. The van der Waals surface area contributed by atoms with Gasteiger partial charge in [-0.15, -0.1) is 4.68 Å². The predicted molar refractivity (Wildman–Crippen MR) is 106 cm³/mol. The molecule has 0 amide bonds. The molecule has 0 bridgehead atoms. The molecule has 150 valence electrons. The van der Waals surface area contributed by atoms with Gasteiger partial charge in [-0.2, -0.15) is 4.68 Å². The first-order valence-corrected chi connectivity index (χ1v) is 9.86. The van der Waals surface area contributed by atoms with Crippen LogP contribution in [0.4, 0.5) is 0 Å². The molecular formula is C19H21ClN2O5S. The minimum atomic E-state index is -4.41. The monoisotopic (exact) mass is 424 g/mol. The van der Waals surface area contributed by atoms with Crippen LogP contribution >= 0.6 is 11.6 Å². The summed E-state index contributed by atoms with van der Waals surface area (Å²) in [6.07, 6.45) is 0. The number of hydrogen-bond acceptors (Lipinski definition) is 5. The van der Waals surface area contributed by atoms with Crippen molar-refractivity contribution in [3.05, 3.63) is 59.6 Å². The lowest BCUT2D eigenvalue weighted by Crippen LogP contribution is -2.39. The maximum absolute atomic E-state index is 9.22. The highest BCUT2D eigenvalue weighted by Crippen LogP contribution is 2.37. The van der Waals surface area contributed by atoms with Crippen molar-refractivity contribution in [3.8, 4) is 28.3 Å². The molecule has 0 N–H and O–H groups in total. The Bertz CT molecular complexity index is 1030. The van der Waals surface area contributed by atoms with Crippen molar-refractivity contribution in [2.24, 2.45) is 14.1 Å². The maximum Gasteiger partial charge on any atom is 0.280 e. The summed E-state index contributed by atoms with van der Waals surface area (Å²) in [5, 5.41) is 0.726. The summed E-state index contributed by atoms with van der Waals surface area (Å²) >= 11 is 6.00. The van der Waals surface area contributed by atoms with Gasteiger partial charge in [0.25, 0.3) is 5.69 Å². The van der Waals surface area contributed by atoms with Gasteiger partial charge in [-0.25, -0.2) is 8.42 Å². The van der Waals surface area contributed by atoms with E-state index in [1.807, 2.05) is 56.6 Å². The summed E-state index contributed by atoms with van der Waals surface area (Å²) in [6.45, 7) is 0. The number of rotatable bonds is 4. The highest BCUT2D eigenvalue weighted by atomic mass is 35.5. The smallest absolute Gasteiger partial charge is 0.280 e. The SMILES string of the molecule is COS(=O)(=O)[O-].COc1c(-c2ccc(Cl)cc2)n(C)[n+](C)c1-c1ccccc1. The van der Waals surface area contributed by atoms with Crippen LogP contribution < -0.4 is 9.42 Å². The third-order valence-electron chi connectivity index (χ3n) is 4.10. The van der Waals surface area contributed by atoms with E-state index in [-0.39, 0.29) is 0 Å². The zero-order chi connectivity index (χ0) is 20.9. The van der Waals surface area contributed by atoms with Crippen LogP contribution in [0.1, 0.15) is 0 Å². The van der Waals surface area contributed by atoms with Gasteiger partial charge in [-0.05, 0) is 24.3 Å². The third-order valence-corrected chi connectivity index (χ3v) is 4.76. The van der Waals surface area contributed by atoms with Crippen molar-refractivity contribution in [1.29, 1.82) is 0 Å². The molecule has 0 fully saturated rings. The molecule has 0 atom stereocenters. The van der Waals surface area contributed by atoms with Gasteiger partial charge in [-0.1, -0.05) is 41.9 Å². The molecule has 7 nitrogen and oxygen atoms in total. The van der Waals surface area contributed by atoms with Gasteiger partial charge in [0.1, 0.15) is 0 Å². The number of aromatic nitrogens is 2. The highest BCUT2D eigenvalue weighted by Gasteiger charge is 2.29. The van der Waals surface area contributed by atoms with E-state index in [0.717, 1.165) is 40.4 Å². The van der Waals surface area contributed by atoms with Crippen LogP contribution in [0.5, 0.6) is 5.75 Å². The first-order chi connectivity index (χ1) is 13.2. The number of ether oxygens (including phenoxy) is 1. The minimum absolute atomic E-state index is 0.726. The van der Waals surface area contributed by atoms with Crippen molar-refractivity contribution in [2.75, 3.05) is 14.2 Å². The second kappa shape index (κ2) is 9.20. The van der Waals surface area contributed by atoms with E-state index >= 15 is 0 Å². The average Bonchev–Trinajstić information content (AvgIpc) is 2.93. The summed E-state index contributed by atoms with van der Waals surface area (Å²) in [4.78, 5) is 0. The lowest BCUT2D eigenvalue weighted by atomic mass is 10.1. The average molecular weight is 425 g/mol. The molecule has 0 saturated heterocycles. The Morgan fingerprint density at radius 2 is 1.54 bits per heavy atom. The van der Waals surface area contributed by atoms with Crippen LogP contribution in [-0.2, 0) is 28.7 Å². The molecule has 0 saturated carbocycles. The number of benzene rings is 2. The Morgan fingerprint density at radius 3 is 2.00 bits per heavy atom. The van der Waals surface area contributed by atoms with Crippen LogP contribution in [0, 0.1) is 0 Å². The Balaban J connectivity index is 0.000000409. The summed E-state index contributed by atoms with van der Waals surface area (Å²) < 4.78 is 40.9. The fourth-order valence-electron chi connectivity index (χ4n) is 2.74. The van der Waals surface area contributed by atoms with Gasteiger partial charge >= 0.3 is 0 Å². The standard InChI is InChI=1S/C18H18ClN2O.CH4O4S/c1-20-16(13-7-5-4-6-8-13)18(22-3)17(21(20)2)14-9-11-15(19)12-10-14;1-5-6(2,3)4/h4-12H,1-3H3;1H3,(H,2,3,4)/q+1;/p-1. The molecular weight excluding hydrogens is 404 g/mol. The molecule has 0 spiro atoms. The first kappa shape index (κ1) is 21.9. The molecule has 9 heteroatoms. The van der Waals surface area contributed by atoms with Gasteiger partial charge in [0.15, 0.2) is 12.7 Å². The van der Waals surface area contributed by atoms with Crippen LogP contribution in [0.15, 0.2) is 54.6 Å². The van der Waals surface area contributed by atoms with Crippen LogP contribution in [0.3, 0.4) is 0 Å². The van der Waals surface area contributed by atoms with Gasteiger partial charge in [-0.3, -0.25) is 4.18 Å². The van der Waals surface area contributed by atoms with Gasteiger partial charge in [0.2, 0.25) is 16.1 Å². The summed E-state index contributed by atoms with van der Waals surface area (Å²) in [6, 6.07) is 18.1. The molecule has 1 heterocycles. The fourth-order valence-corrected chi connectivity index (χ4v) is 2.87. The van der Waals surface area contributed by atoms with E-state index in [9.17, 15) is 13.0 Å². The molecule has 0 aliphatic heterocycles. The second-order valence-electron chi connectivity index (χ2n) is 5.73. The minimum Gasteiger partial charge on any atom is -0.726 e. The normalized spacial score (nSPS) is 10.9. The molecule has 0 unspecified atom stereocenters. The molecule has 3 aromatic rings. The fraction of sp³-hybridized carbons (Fsp3) is 0.211. The van der Waals surface area contributed by atoms with E-state index in [0.29, 0.717) is 0 Å². The second-order valence-corrected chi connectivity index (χ2v) is 7.31. The zero-order valence-corrected chi connectivity index (χ0v) is 17.5. The number of halogens is 1. The topological polar surface area (TPSA) is 84.5 Å². The van der Waals surface area contributed by atoms with E-state index < -0.39 is 10.4 Å². The van der Waals surface area contributed by atoms with Crippen molar-refractivity contribution in [1.82, 2.24) is 4.68 Å². The molecule has 0 aliphatic carbocycles. The number of hydrogen-bond donors (Lipinski definition) is 0. The van der Waals surface area contributed by atoms with E-state index in [1.54, 1.807) is 7.11 Å². The zero-order valence-electron chi connectivity index (χ0n) is 15.9. The van der Waals surface area contributed by atoms with Crippen LogP contribution in [-0.4, -0.2) is 31.9 Å². The van der Waals surface area contributed by atoms with Crippen LogP contribution in [0.25, 0.3) is 22.5 Å². The van der Waals surface area contributed by atoms with Crippen molar-refractivity contribution in [3.63, 3.8) is 0 Å². The Labute approximate surface area is 169 Å². The molecule has 28 heavy (non-hydrogen) atoms. The lowest BCUT2D eigenvalue weighted by molar-refractivity contribution is -0.740. The van der Waals surface area contributed by atoms with Crippen LogP contribution in [0.2, 0.25) is 5.02 Å². The Kier molecular flexibility index (Phi) is 7.20. The first-order valence-electron chi connectivity index (χ1n) is 8.15. The van der Waals surface area contributed by atoms with Crippen molar-refractivity contribution in [2.45, 2.75) is 0 Å². The summed E-state index contributed by atoms with van der Waals surface area (Å²) in [5.74, 6) is 0.860. The molecule has 2 aromatic carbocycles. The maximum atomic E-state index is 9.22. The molecule has 0 radical (unpaired) electrons. The molecule has 0 aliphatic rings. The van der Waals surface area contributed by atoms with Gasteiger partial charge in [0.05, 0.1) is 26.8 Å². The quantitative estimate of drug-likeness (QED) is 0.365. The summed E-state index contributed by atoms with van der Waals surface area (Å²) in [7, 11) is 2.16. The van der Waals surface area contributed by atoms with E-state index in [4.69, 9.17) is 16.3 Å². The van der Waals surface area contributed by atoms with Gasteiger partial charge in [0, 0.05) is 10.6 Å². The lowest BCUT2D eigenvalue weighted by Gasteiger charge is -2.03. The van der Waals surface area contributed by atoms with Gasteiger partial charge < -0.3 is 9.29 Å². The summed E-state index contributed by atoms with van der Waals surface area (Å²) in [5.41, 5.74) is 4.27. The number of methoxy groups -OCH3 is 1. The third kappa shape index (κ3) is 5.11. The Hall–Kier alpha value is -2.39. The largest absolute Gasteiger partial charge is 0.726 e. The van der Waals surface area contributed by atoms with E-state index in [2.05, 4.69) is 25.7 Å². The van der Waals surface area contributed by atoms with Crippen molar-refractivity contribution >= 4 is 22.0 Å². The Morgan fingerprint density at radius 1 is 1.00 bits per heavy atom. The van der Waals surface area contributed by atoms with Crippen molar-refractivity contribution < 1.29 is 26.6 Å². The molecule has 3 rings (SSSR count).